The van der Waals surface area contributed by atoms with Gasteiger partial charge in [-0.1, -0.05) is 26.0 Å². The van der Waals surface area contributed by atoms with Crippen LogP contribution in [0.5, 0.6) is 0 Å². The van der Waals surface area contributed by atoms with E-state index in [0.717, 1.165) is 24.1 Å². The van der Waals surface area contributed by atoms with Gasteiger partial charge in [0.25, 0.3) is 0 Å². The molecule has 0 saturated carbocycles. The standard InChI is InChI=1S/C15H22N2O3.ClH/c1-3-8-17(11-15(19)20)10-14(18)16-13-7-5-6-12(4-2)9-13;/h5-7,9H,3-4,8,10-11H2,1-2H3,(H,16,18)(H,19,20);1H. The first kappa shape index (κ1) is 19.4. The molecule has 0 heterocycles. The quantitative estimate of drug-likeness (QED) is 0.773. The number of aliphatic carboxylic acids is 1. The number of aryl methyl sites for hydroxylation is 1. The summed E-state index contributed by atoms with van der Waals surface area (Å²) in [4.78, 5) is 24.3. The van der Waals surface area contributed by atoms with Crippen molar-refractivity contribution >= 4 is 30.0 Å². The summed E-state index contributed by atoms with van der Waals surface area (Å²) in [5.41, 5.74) is 1.90. The predicted molar refractivity (Wildman–Crippen MR) is 86.1 cm³/mol. The third-order valence-corrected chi connectivity index (χ3v) is 2.88. The maximum atomic E-state index is 11.9. The van der Waals surface area contributed by atoms with Gasteiger partial charge in [0.15, 0.2) is 0 Å². The van der Waals surface area contributed by atoms with Gasteiger partial charge in [-0.05, 0) is 37.1 Å². The first-order chi connectivity index (χ1) is 9.55. The molecule has 1 rings (SSSR count). The van der Waals surface area contributed by atoms with Crippen molar-refractivity contribution in [2.45, 2.75) is 26.7 Å². The molecule has 0 aliphatic carbocycles. The lowest BCUT2D eigenvalue weighted by atomic mass is 10.1. The van der Waals surface area contributed by atoms with Crippen LogP contribution < -0.4 is 5.32 Å². The van der Waals surface area contributed by atoms with Gasteiger partial charge in [-0.25, -0.2) is 0 Å². The molecule has 0 bridgehead atoms. The van der Waals surface area contributed by atoms with Gasteiger partial charge in [0.1, 0.15) is 0 Å². The van der Waals surface area contributed by atoms with Crippen molar-refractivity contribution < 1.29 is 14.7 Å². The minimum atomic E-state index is -0.917. The number of anilines is 1. The number of carbonyl (C=O) groups is 2. The molecule has 0 aliphatic rings. The molecule has 0 aliphatic heterocycles. The maximum Gasteiger partial charge on any atom is 0.317 e. The number of nitrogens with zero attached hydrogens (tertiary/aromatic N) is 1. The third-order valence-electron chi connectivity index (χ3n) is 2.88. The van der Waals surface area contributed by atoms with Gasteiger partial charge < -0.3 is 10.4 Å². The van der Waals surface area contributed by atoms with Crippen molar-refractivity contribution in [1.29, 1.82) is 0 Å². The van der Waals surface area contributed by atoms with Crippen LogP contribution in [0.1, 0.15) is 25.8 Å². The lowest BCUT2D eigenvalue weighted by molar-refractivity contribution is -0.138. The van der Waals surface area contributed by atoms with Crippen molar-refractivity contribution in [1.82, 2.24) is 4.90 Å². The van der Waals surface area contributed by atoms with Gasteiger partial charge in [-0.15, -0.1) is 12.4 Å². The molecule has 1 amide bonds. The van der Waals surface area contributed by atoms with E-state index < -0.39 is 5.97 Å². The van der Waals surface area contributed by atoms with Crippen LogP contribution >= 0.6 is 12.4 Å². The summed E-state index contributed by atoms with van der Waals surface area (Å²) in [6.07, 6.45) is 1.72. The van der Waals surface area contributed by atoms with Gasteiger partial charge in [-0.3, -0.25) is 14.5 Å². The highest BCUT2D eigenvalue weighted by molar-refractivity contribution is 5.92. The van der Waals surface area contributed by atoms with Gasteiger partial charge in [0, 0.05) is 5.69 Å². The van der Waals surface area contributed by atoms with Gasteiger partial charge >= 0.3 is 5.97 Å². The van der Waals surface area contributed by atoms with Crippen molar-refractivity contribution in [3.05, 3.63) is 29.8 Å². The zero-order chi connectivity index (χ0) is 15.0. The van der Waals surface area contributed by atoms with Crippen LogP contribution in [0.25, 0.3) is 0 Å². The van der Waals surface area contributed by atoms with Crippen LogP contribution in [-0.2, 0) is 16.0 Å². The Labute approximate surface area is 131 Å². The summed E-state index contributed by atoms with van der Waals surface area (Å²) in [5.74, 6) is -1.10. The predicted octanol–water partition coefficient (Wildman–Crippen LogP) is 2.41. The Bertz CT molecular complexity index is 466. The number of halogens is 1. The number of amides is 1. The molecule has 5 nitrogen and oxygen atoms in total. The monoisotopic (exact) mass is 314 g/mol. The van der Waals surface area contributed by atoms with Crippen LogP contribution in [0.3, 0.4) is 0 Å². The van der Waals surface area contributed by atoms with Crippen molar-refractivity contribution in [2.24, 2.45) is 0 Å². The number of nitrogens with one attached hydrogen (secondary N) is 1. The Morgan fingerprint density at radius 2 is 1.95 bits per heavy atom. The first-order valence-electron chi connectivity index (χ1n) is 6.88. The molecule has 1 aromatic carbocycles. The lowest BCUT2D eigenvalue weighted by Crippen LogP contribution is -2.37. The molecule has 2 N–H and O–H groups in total. The van der Waals surface area contributed by atoms with Gasteiger partial charge in [-0.2, -0.15) is 0 Å². The fourth-order valence-electron chi connectivity index (χ4n) is 1.99. The Hall–Kier alpha value is -1.59. The molecule has 1 aromatic rings. The van der Waals surface area contributed by atoms with E-state index in [1.54, 1.807) is 4.90 Å². The topological polar surface area (TPSA) is 69.6 Å². The number of hydrogen-bond acceptors (Lipinski definition) is 3. The summed E-state index contributed by atoms with van der Waals surface area (Å²) in [5, 5.41) is 11.6. The normalized spacial score (nSPS) is 10.0. The van der Waals surface area contributed by atoms with Crippen LogP contribution in [0.4, 0.5) is 5.69 Å². The van der Waals surface area contributed by atoms with E-state index in [4.69, 9.17) is 5.11 Å². The second-order valence-electron chi connectivity index (χ2n) is 4.71. The lowest BCUT2D eigenvalue weighted by Gasteiger charge is -2.18. The SMILES string of the molecule is CCCN(CC(=O)O)CC(=O)Nc1cccc(CC)c1.Cl. The third kappa shape index (κ3) is 7.68. The van der Waals surface area contributed by atoms with Crippen molar-refractivity contribution in [3.8, 4) is 0 Å². The summed E-state index contributed by atoms with van der Waals surface area (Å²) >= 11 is 0. The second-order valence-corrected chi connectivity index (χ2v) is 4.71. The fourth-order valence-corrected chi connectivity index (χ4v) is 1.99. The van der Waals surface area contributed by atoms with E-state index in [2.05, 4.69) is 12.2 Å². The number of carbonyl (C=O) groups excluding carboxylic acids is 1. The van der Waals surface area contributed by atoms with E-state index in [1.165, 1.54) is 0 Å². The molecule has 0 aromatic heterocycles. The number of carboxylic acid groups (broad SMARTS) is 1. The number of carboxylic acids is 1. The highest BCUT2D eigenvalue weighted by atomic mass is 35.5. The zero-order valence-electron chi connectivity index (χ0n) is 12.5. The number of rotatable bonds is 8. The van der Waals surface area contributed by atoms with Gasteiger partial charge in [0.05, 0.1) is 13.1 Å². The van der Waals surface area contributed by atoms with Crippen LogP contribution in [0.15, 0.2) is 24.3 Å². The van der Waals surface area contributed by atoms with Crippen LogP contribution in [0.2, 0.25) is 0 Å². The number of hydrogen-bond donors (Lipinski definition) is 2. The van der Waals surface area contributed by atoms with Crippen molar-refractivity contribution in [3.63, 3.8) is 0 Å². The Kier molecular flexibility index (Phi) is 9.41. The van der Waals surface area contributed by atoms with E-state index in [9.17, 15) is 9.59 Å². The van der Waals surface area contributed by atoms with E-state index in [1.807, 2.05) is 31.2 Å². The summed E-state index contributed by atoms with van der Waals surface area (Å²) in [6, 6.07) is 7.66. The molecular formula is C15H23ClN2O3. The smallest absolute Gasteiger partial charge is 0.317 e. The van der Waals surface area contributed by atoms with Crippen molar-refractivity contribution in [2.75, 3.05) is 25.0 Å². The Morgan fingerprint density at radius 1 is 1.24 bits per heavy atom. The average Bonchev–Trinajstić information content (AvgIpc) is 2.38. The molecule has 118 valence electrons. The molecule has 0 radical (unpaired) electrons. The molecule has 0 fully saturated rings. The molecule has 0 spiro atoms. The molecule has 0 saturated heterocycles. The van der Waals surface area contributed by atoms with E-state index in [0.29, 0.717) is 6.54 Å². The Morgan fingerprint density at radius 3 is 2.52 bits per heavy atom. The first-order valence-corrected chi connectivity index (χ1v) is 6.88. The van der Waals surface area contributed by atoms with E-state index >= 15 is 0 Å². The van der Waals surface area contributed by atoms with Crippen LogP contribution in [0, 0.1) is 0 Å². The molecule has 0 unspecified atom stereocenters. The summed E-state index contributed by atoms with van der Waals surface area (Å²) in [7, 11) is 0. The van der Waals surface area contributed by atoms with Crippen LogP contribution in [-0.4, -0.2) is 41.5 Å². The Balaban J connectivity index is 0.00000400. The van der Waals surface area contributed by atoms with E-state index in [-0.39, 0.29) is 31.4 Å². The minimum absolute atomic E-state index is 0. The number of benzene rings is 1. The van der Waals surface area contributed by atoms with Gasteiger partial charge in [0.2, 0.25) is 5.91 Å². The average molecular weight is 315 g/mol. The highest BCUT2D eigenvalue weighted by Gasteiger charge is 2.13. The summed E-state index contributed by atoms with van der Waals surface area (Å²) in [6.45, 7) is 4.58. The zero-order valence-corrected chi connectivity index (χ0v) is 13.3. The summed E-state index contributed by atoms with van der Waals surface area (Å²) < 4.78 is 0. The molecule has 21 heavy (non-hydrogen) atoms. The molecule has 0 atom stereocenters. The molecule has 6 heteroatoms. The largest absolute Gasteiger partial charge is 0.480 e. The molecular weight excluding hydrogens is 292 g/mol. The maximum absolute atomic E-state index is 11.9. The second kappa shape index (κ2) is 10.2. The fraction of sp³-hybridized carbons (Fsp3) is 0.467. The minimum Gasteiger partial charge on any atom is -0.480 e. The highest BCUT2D eigenvalue weighted by Crippen LogP contribution is 2.11.